The van der Waals surface area contributed by atoms with E-state index in [0.29, 0.717) is 23.1 Å². The third-order valence-corrected chi connectivity index (χ3v) is 6.23. The van der Waals surface area contributed by atoms with Gasteiger partial charge in [-0.1, -0.05) is 44.5 Å². The molecule has 0 aliphatic heterocycles. The molecule has 1 aromatic heterocycles. The van der Waals surface area contributed by atoms with Crippen LogP contribution in [-0.2, 0) is 22.8 Å². The Labute approximate surface area is 179 Å². The maximum absolute atomic E-state index is 11.8. The molecule has 8 heteroatoms. The van der Waals surface area contributed by atoms with Crippen LogP contribution in [0.3, 0.4) is 0 Å². The van der Waals surface area contributed by atoms with E-state index in [0.717, 1.165) is 16.8 Å². The minimum atomic E-state index is -2.70. The minimum absolute atomic E-state index is 0.399. The van der Waals surface area contributed by atoms with Crippen LogP contribution >= 0.6 is 11.6 Å². The Kier molecular flexibility index (Phi) is 7.52. The average Bonchev–Trinajstić information content (AvgIpc) is 2.97. The number of rotatable bonds is 7. The van der Waals surface area contributed by atoms with Gasteiger partial charge >= 0.3 is 0 Å². The number of aromatic nitrogens is 2. The van der Waals surface area contributed by atoms with Gasteiger partial charge in [0.2, 0.25) is 0 Å². The molecule has 0 fully saturated rings. The van der Waals surface area contributed by atoms with Gasteiger partial charge in [0.05, 0.1) is 21.8 Å². The lowest BCUT2D eigenvalue weighted by molar-refractivity contribution is 0.679. The fourth-order valence-electron chi connectivity index (χ4n) is 2.47. The van der Waals surface area contributed by atoms with Gasteiger partial charge < -0.3 is 5.32 Å². The largest absolute Gasteiger partial charge is 0.380 e. The van der Waals surface area contributed by atoms with Crippen LogP contribution in [0, 0.1) is 16.2 Å². The van der Waals surface area contributed by atoms with Crippen molar-refractivity contribution in [3.8, 4) is 11.5 Å². The molecule has 1 unspecified atom stereocenters. The van der Waals surface area contributed by atoms with E-state index < -0.39 is 17.8 Å². The van der Waals surface area contributed by atoms with Gasteiger partial charge in [0.15, 0.2) is 5.15 Å². The SMILES string of the molecule is C=C/C=C(/NCc1ccc(S(C)(=N)=O)cc1)c1cn(CC#C[Si-](C)(C)C)nc1Cl. The summed E-state index contributed by atoms with van der Waals surface area (Å²) in [6, 6.07) is 7.18. The van der Waals surface area contributed by atoms with E-state index in [1.165, 1.54) is 6.26 Å². The van der Waals surface area contributed by atoms with Gasteiger partial charge in [-0.25, -0.2) is 8.99 Å². The molecule has 2 rings (SSSR count). The molecule has 0 saturated carbocycles. The number of nitrogens with zero attached hydrogens (tertiary/aromatic N) is 2. The first-order valence-electron chi connectivity index (χ1n) is 9.12. The van der Waals surface area contributed by atoms with E-state index in [1.807, 2.05) is 24.4 Å². The molecule has 29 heavy (non-hydrogen) atoms. The highest BCUT2D eigenvalue weighted by molar-refractivity contribution is 7.91. The Balaban J connectivity index is 2.15. The molecule has 2 N–H and O–H groups in total. The molecule has 0 aliphatic carbocycles. The van der Waals surface area contributed by atoms with Gasteiger partial charge in [0, 0.05) is 29.6 Å². The minimum Gasteiger partial charge on any atom is -0.380 e. The Morgan fingerprint density at radius 3 is 2.59 bits per heavy atom. The molecule has 2 aromatic rings. The maximum Gasteiger partial charge on any atom is 0.160 e. The summed E-state index contributed by atoms with van der Waals surface area (Å²) in [6.45, 7) is 11.4. The molecule has 155 valence electrons. The first kappa shape index (κ1) is 23.0. The first-order chi connectivity index (χ1) is 13.5. The molecule has 0 radical (unpaired) electrons. The Hall–Kier alpha value is -2.27. The quantitative estimate of drug-likeness (QED) is 0.365. The van der Waals surface area contributed by atoms with Crippen molar-refractivity contribution in [2.75, 3.05) is 6.26 Å². The normalized spacial score (nSPS) is 13.9. The van der Waals surface area contributed by atoms with Crippen molar-refractivity contribution in [3.63, 3.8) is 0 Å². The van der Waals surface area contributed by atoms with Crippen molar-refractivity contribution >= 4 is 35.1 Å². The van der Waals surface area contributed by atoms with Crippen molar-refractivity contribution in [2.45, 2.75) is 37.6 Å². The van der Waals surface area contributed by atoms with E-state index in [1.54, 1.807) is 22.9 Å². The lowest BCUT2D eigenvalue weighted by Crippen LogP contribution is -2.16. The smallest absolute Gasteiger partial charge is 0.160 e. The number of allylic oxidation sites excluding steroid dienone is 2. The molecule has 0 saturated heterocycles. The van der Waals surface area contributed by atoms with Gasteiger partial charge in [0.25, 0.3) is 0 Å². The predicted molar refractivity (Wildman–Crippen MR) is 125 cm³/mol. The lowest BCUT2D eigenvalue weighted by Gasteiger charge is -2.17. The number of halogens is 1. The summed E-state index contributed by atoms with van der Waals surface area (Å²) in [5.74, 6) is 3.18. The van der Waals surface area contributed by atoms with Gasteiger partial charge in [-0.2, -0.15) is 24.7 Å². The third kappa shape index (κ3) is 7.24. The zero-order valence-corrected chi connectivity index (χ0v) is 19.8. The molecule has 5 nitrogen and oxygen atoms in total. The first-order valence-corrected chi connectivity index (χ1v) is 15.0. The standard InChI is InChI=1S/C21H27ClN4OSSi/c1-6-8-20(24-15-17-9-11-18(12-10-17)28(2,23)27)19-16-26(25-21(19)22)13-7-14-29(3,4)5/h6,8-12,16,23-24H,1,13,15H2,2-5H3/q-1/b20-8+. The third-order valence-electron chi connectivity index (χ3n) is 3.85. The highest BCUT2D eigenvalue weighted by Crippen LogP contribution is 2.22. The number of hydrogen-bond acceptors (Lipinski definition) is 4. The molecule has 0 aliphatic rings. The van der Waals surface area contributed by atoms with Crippen molar-refractivity contribution in [2.24, 2.45) is 0 Å². The summed E-state index contributed by atoms with van der Waals surface area (Å²) in [5, 5.41) is 8.10. The van der Waals surface area contributed by atoms with Crippen LogP contribution in [0.1, 0.15) is 11.1 Å². The topological polar surface area (TPSA) is 70.8 Å². The summed E-state index contributed by atoms with van der Waals surface area (Å²) < 4.78 is 21.2. The number of benzene rings is 1. The zero-order chi connectivity index (χ0) is 21.7. The fraction of sp³-hybridized carbons (Fsp3) is 0.286. The van der Waals surface area contributed by atoms with Crippen molar-refractivity contribution in [1.82, 2.24) is 15.1 Å². The Morgan fingerprint density at radius 2 is 2.03 bits per heavy atom. The molecule has 0 spiro atoms. The molecule has 1 atom stereocenters. The highest BCUT2D eigenvalue weighted by atomic mass is 35.5. The van der Waals surface area contributed by atoms with E-state index in [9.17, 15) is 4.21 Å². The summed E-state index contributed by atoms with van der Waals surface area (Å²) in [5.41, 5.74) is 5.90. The molecule has 0 amide bonds. The molecule has 0 bridgehead atoms. The monoisotopic (exact) mass is 446 g/mol. The van der Waals surface area contributed by atoms with Crippen LogP contribution in [-0.4, -0.2) is 28.3 Å². The van der Waals surface area contributed by atoms with Crippen LogP contribution in [0.15, 0.2) is 54.1 Å². The second-order valence-corrected chi connectivity index (χ2v) is 15.0. The molecule has 1 aromatic carbocycles. The number of hydrogen-bond donors (Lipinski definition) is 2. The van der Waals surface area contributed by atoms with Crippen LogP contribution < -0.4 is 5.32 Å². The number of nitrogens with one attached hydrogen (secondary N) is 2. The van der Waals surface area contributed by atoms with Gasteiger partial charge in [-0.05, 0) is 23.8 Å². The molecule has 1 heterocycles. The summed E-state index contributed by atoms with van der Waals surface area (Å²) in [6.07, 6.45) is 6.83. The van der Waals surface area contributed by atoms with E-state index in [-0.39, 0.29) is 0 Å². The van der Waals surface area contributed by atoms with Gasteiger partial charge in [-0.15, -0.1) is 5.92 Å². The highest BCUT2D eigenvalue weighted by Gasteiger charge is 2.11. The second kappa shape index (κ2) is 9.48. The summed E-state index contributed by atoms with van der Waals surface area (Å²) in [4.78, 5) is 0.520. The van der Waals surface area contributed by atoms with Crippen molar-refractivity contribution < 1.29 is 4.21 Å². The Bertz CT molecular complexity index is 1070. The van der Waals surface area contributed by atoms with E-state index >= 15 is 0 Å². The van der Waals surface area contributed by atoms with E-state index in [2.05, 4.69) is 48.1 Å². The summed E-state index contributed by atoms with van der Waals surface area (Å²) in [7, 11) is -4.13. The molecular weight excluding hydrogens is 420 g/mol. The van der Waals surface area contributed by atoms with Gasteiger partial charge in [0.1, 0.15) is 0 Å². The predicted octanol–water partition coefficient (Wildman–Crippen LogP) is 4.77. The van der Waals surface area contributed by atoms with Gasteiger partial charge in [-0.3, -0.25) is 10.2 Å². The second-order valence-electron chi connectivity index (χ2n) is 7.74. The fourth-order valence-corrected chi connectivity index (χ4v) is 3.98. The molecular formula is C21H27ClN4OSSi-. The van der Waals surface area contributed by atoms with Crippen LogP contribution in [0.5, 0.6) is 0 Å². The van der Waals surface area contributed by atoms with Crippen LogP contribution in [0.25, 0.3) is 5.70 Å². The summed E-state index contributed by atoms with van der Waals surface area (Å²) >= 11 is 6.36. The maximum atomic E-state index is 11.8. The van der Waals surface area contributed by atoms with Crippen LogP contribution in [0.2, 0.25) is 24.8 Å². The zero-order valence-electron chi connectivity index (χ0n) is 17.3. The Morgan fingerprint density at radius 1 is 1.38 bits per heavy atom. The van der Waals surface area contributed by atoms with E-state index in [4.69, 9.17) is 16.4 Å². The lowest BCUT2D eigenvalue weighted by atomic mass is 10.2. The van der Waals surface area contributed by atoms with Crippen molar-refractivity contribution in [3.05, 3.63) is 65.5 Å². The average molecular weight is 447 g/mol. The van der Waals surface area contributed by atoms with Crippen LogP contribution in [0.4, 0.5) is 0 Å². The van der Waals surface area contributed by atoms with Crippen molar-refractivity contribution in [1.29, 1.82) is 4.78 Å².